The zero-order valence-corrected chi connectivity index (χ0v) is 23.4. The van der Waals surface area contributed by atoms with Crippen molar-refractivity contribution < 1.29 is 23.4 Å². The molecule has 0 aliphatic heterocycles. The Balaban J connectivity index is 1.32. The van der Waals surface area contributed by atoms with Crippen molar-refractivity contribution in [3.8, 4) is 23.0 Å². The lowest BCUT2D eigenvalue weighted by Crippen LogP contribution is -2.19. The molecule has 0 amide bonds. The molecule has 0 bridgehead atoms. The summed E-state index contributed by atoms with van der Waals surface area (Å²) in [5.41, 5.74) is 4.95. The van der Waals surface area contributed by atoms with Crippen LogP contribution in [0.25, 0.3) is 11.5 Å². The number of esters is 1. The van der Waals surface area contributed by atoms with Gasteiger partial charge in [-0.3, -0.25) is 0 Å². The standard InChI is InChI=1S/C34H32N2O5/c1-24-31(35-33(41-24)25-11-6-4-7-12-25)21-22-40-28-19-17-27(18-20-28)36(26-13-8-5-9-14-26)23-30-29(34(37)39-3)15-10-16-32(30)38-2/h4-20H,21-23H2,1-3H3. The van der Waals surface area contributed by atoms with Crippen LogP contribution in [-0.2, 0) is 17.7 Å². The molecule has 0 atom stereocenters. The van der Waals surface area contributed by atoms with Gasteiger partial charge < -0.3 is 23.5 Å². The lowest BCUT2D eigenvalue weighted by atomic mass is 10.0. The first-order valence-electron chi connectivity index (χ1n) is 13.4. The van der Waals surface area contributed by atoms with Crippen LogP contribution >= 0.6 is 0 Å². The van der Waals surface area contributed by atoms with Gasteiger partial charge in [0.05, 0.1) is 38.6 Å². The Morgan fingerprint density at radius 1 is 0.829 bits per heavy atom. The molecule has 0 radical (unpaired) electrons. The molecule has 0 saturated heterocycles. The van der Waals surface area contributed by atoms with Gasteiger partial charge >= 0.3 is 5.97 Å². The molecule has 0 N–H and O–H groups in total. The van der Waals surface area contributed by atoms with Gasteiger partial charge in [-0.1, -0.05) is 42.5 Å². The maximum atomic E-state index is 12.6. The minimum Gasteiger partial charge on any atom is -0.496 e. The highest BCUT2D eigenvalue weighted by Crippen LogP contribution is 2.33. The number of benzene rings is 4. The van der Waals surface area contributed by atoms with E-state index in [-0.39, 0.29) is 0 Å². The molecule has 5 rings (SSSR count). The molecular weight excluding hydrogens is 516 g/mol. The minimum atomic E-state index is -0.408. The number of rotatable bonds is 11. The van der Waals surface area contributed by atoms with Gasteiger partial charge in [0.15, 0.2) is 0 Å². The predicted octanol–water partition coefficient (Wildman–Crippen LogP) is 7.41. The van der Waals surface area contributed by atoms with E-state index in [4.69, 9.17) is 18.6 Å². The van der Waals surface area contributed by atoms with Crippen LogP contribution < -0.4 is 14.4 Å². The first-order valence-corrected chi connectivity index (χ1v) is 13.4. The number of aryl methyl sites for hydroxylation is 1. The van der Waals surface area contributed by atoms with Gasteiger partial charge in [-0.25, -0.2) is 9.78 Å². The number of carbonyl (C=O) groups excluding carboxylic acids is 1. The lowest BCUT2D eigenvalue weighted by Gasteiger charge is -2.27. The molecule has 0 aliphatic carbocycles. The maximum Gasteiger partial charge on any atom is 0.338 e. The van der Waals surface area contributed by atoms with Crippen molar-refractivity contribution in [1.29, 1.82) is 0 Å². The summed E-state index contributed by atoms with van der Waals surface area (Å²) in [6.07, 6.45) is 0.629. The summed E-state index contributed by atoms with van der Waals surface area (Å²) in [5, 5.41) is 0. The molecule has 4 aromatic carbocycles. The Labute approximate surface area is 239 Å². The number of para-hydroxylation sites is 1. The molecule has 0 fully saturated rings. The molecule has 208 valence electrons. The van der Waals surface area contributed by atoms with Crippen molar-refractivity contribution in [3.63, 3.8) is 0 Å². The number of carbonyl (C=O) groups is 1. The molecule has 7 heteroatoms. The third-order valence-corrected chi connectivity index (χ3v) is 6.81. The van der Waals surface area contributed by atoms with E-state index in [0.29, 0.717) is 36.8 Å². The summed E-state index contributed by atoms with van der Waals surface area (Å²) in [4.78, 5) is 19.4. The van der Waals surface area contributed by atoms with E-state index in [9.17, 15) is 4.79 Å². The second-order valence-electron chi connectivity index (χ2n) is 9.38. The van der Waals surface area contributed by atoms with E-state index in [1.807, 2.05) is 97.9 Å². The fourth-order valence-electron chi connectivity index (χ4n) is 4.67. The molecule has 41 heavy (non-hydrogen) atoms. The average Bonchev–Trinajstić information content (AvgIpc) is 3.40. The maximum absolute atomic E-state index is 12.6. The first-order chi connectivity index (χ1) is 20.1. The molecule has 0 spiro atoms. The molecule has 5 aromatic rings. The number of nitrogens with zero attached hydrogens (tertiary/aromatic N) is 2. The van der Waals surface area contributed by atoms with Crippen LogP contribution in [0.4, 0.5) is 11.4 Å². The number of anilines is 2. The summed E-state index contributed by atoms with van der Waals surface area (Å²) in [6, 6.07) is 33.2. The topological polar surface area (TPSA) is 74.0 Å². The van der Waals surface area contributed by atoms with Crippen molar-refractivity contribution >= 4 is 17.3 Å². The van der Waals surface area contributed by atoms with Crippen molar-refractivity contribution in [1.82, 2.24) is 4.98 Å². The van der Waals surface area contributed by atoms with Gasteiger partial charge in [0.2, 0.25) is 5.89 Å². The Bertz CT molecular complexity index is 1580. The SMILES string of the molecule is COC(=O)c1cccc(OC)c1CN(c1ccccc1)c1ccc(OCCc2nc(-c3ccccc3)oc2C)cc1. The second-order valence-corrected chi connectivity index (χ2v) is 9.38. The lowest BCUT2D eigenvalue weighted by molar-refractivity contribution is 0.0599. The van der Waals surface area contributed by atoms with E-state index in [1.165, 1.54) is 7.11 Å². The van der Waals surface area contributed by atoms with Gasteiger partial charge in [0.1, 0.15) is 17.3 Å². The second kappa shape index (κ2) is 12.9. The molecular formula is C34H32N2O5. The highest BCUT2D eigenvalue weighted by atomic mass is 16.5. The molecule has 7 nitrogen and oxygen atoms in total. The van der Waals surface area contributed by atoms with Crippen molar-refractivity contribution in [3.05, 3.63) is 126 Å². The Morgan fingerprint density at radius 3 is 2.20 bits per heavy atom. The van der Waals surface area contributed by atoms with Crippen molar-refractivity contribution in [2.45, 2.75) is 19.9 Å². The van der Waals surface area contributed by atoms with Crippen LogP contribution in [0.15, 0.2) is 108 Å². The zero-order chi connectivity index (χ0) is 28.6. The predicted molar refractivity (Wildman–Crippen MR) is 159 cm³/mol. The van der Waals surface area contributed by atoms with Crippen LogP contribution in [0.2, 0.25) is 0 Å². The molecule has 0 unspecified atom stereocenters. The normalized spacial score (nSPS) is 10.7. The van der Waals surface area contributed by atoms with Gasteiger partial charge in [-0.05, 0) is 67.6 Å². The van der Waals surface area contributed by atoms with Crippen LogP contribution in [0.5, 0.6) is 11.5 Å². The van der Waals surface area contributed by atoms with Crippen LogP contribution in [0.1, 0.15) is 27.4 Å². The van der Waals surface area contributed by atoms with Gasteiger partial charge in [0, 0.05) is 28.9 Å². The third-order valence-electron chi connectivity index (χ3n) is 6.81. The van der Waals surface area contributed by atoms with E-state index < -0.39 is 5.97 Å². The Kier molecular flexibility index (Phi) is 8.64. The summed E-state index contributed by atoms with van der Waals surface area (Å²) in [7, 11) is 2.98. The quantitative estimate of drug-likeness (QED) is 0.159. The smallest absolute Gasteiger partial charge is 0.338 e. The Hall–Kier alpha value is -5.04. The minimum absolute atomic E-state index is 0.397. The fraction of sp³-hybridized carbons (Fsp3) is 0.176. The van der Waals surface area contributed by atoms with E-state index in [0.717, 1.165) is 39.7 Å². The number of ether oxygens (including phenoxy) is 3. The highest BCUT2D eigenvalue weighted by molar-refractivity contribution is 5.92. The number of hydrogen-bond acceptors (Lipinski definition) is 7. The number of aromatic nitrogens is 1. The van der Waals surface area contributed by atoms with Crippen LogP contribution in [0, 0.1) is 6.92 Å². The van der Waals surface area contributed by atoms with Crippen molar-refractivity contribution in [2.75, 3.05) is 25.7 Å². The first kappa shape index (κ1) is 27.5. The van der Waals surface area contributed by atoms with Gasteiger partial charge in [-0.15, -0.1) is 0 Å². The van der Waals surface area contributed by atoms with Crippen LogP contribution in [0.3, 0.4) is 0 Å². The molecule has 1 aromatic heterocycles. The summed E-state index contributed by atoms with van der Waals surface area (Å²) >= 11 is 0. The van der Waals surface area contributed by atoms with Gasteiger partial charge in [0.25, 0.3) is 0 Å². The van der Waals surface area contributed by atoms with E-state index in [1.54, 1.807) is 19.2 Å². The fourth-order valence-corrected chi connectivity index (χ4v) is 4.67. The number of oxazole rings is 1. The summed E-state index contributed by atoms with van der Waals surface area (Å²) < 4.78 is 22.6. The zero-order valence-electron chi connectivity index (χ0n) is 23.4. The Morgan fingerprint density at radius 2 is 1.51 bits per heavy atom. The summed E-state index contributed by atoms with van der Waals surface area (Å²) in [6.45, 7) is 2.79. The van der Waals surface area contributed by atoms with Gasteiger partial charge in [-0.2, -0.15) is 0 Å². The largest absolute Gasteiger partial charge is 0.496 e. The molecule has 0 aliphatic rings. The third kappa shape index (κ3) is 6.41. The molecule has 0 saturated carbocycles. The monoisotopic (exact) mass is 548 g/mol. The van der Waals surface area contributed by atoms with Crippen molar-refractivity contribution in [2.24, 2.45) is 0 Å². The highest BCUT2D eigenvalue weighted by Gasteiger charge is 2.20. The average molecular weight is 549 g/mol. The van der Waals surface area contributed by atoms with E-state index in [2.05, 4.69) is 9.88 Å². The summed E-state index contributed by atoms with van der Waals surface area (Å²) in [5.74, 6) is 2.37. The van der Waals surface area contributed by atoms with E-state index >= 15 is 0 Å². The van der Waals surface area contributed by atoms with Crippen LogP contribution in [-0.4, -0.2) is 31.8 Å². The number of methoxy groups -OCH3 is 2. The number of hydrogen-bond donors (Lipinski definition) is 0. The molecule has 1 heterocycles.